The third-order valence-corrected chi connectivity index (χ3v) is 4.45. The molecular weight excluding hydrogens is 276 g/mol. The predicted molar refractivity (Wildman–Crippen MR) is 83.2 cm³/mol. The molecule has 19 heavy (non-hydrogen) atoms. The minimum Gasteiger partial charge on any atom is -0.310 e. The van der Waals surface area contributed by atoms with E-state index in [0.29, 0.717) is 0 Å². The van der Waals surface area contributed by atoms with Gasteiger partial charge in [0.1, 0.15) is 0 Å². The number of hydrogen-bond donors (Lipinski definition) is 1. The van der Waals surface area contributed by atoms with Crippen molar-refractivity contribution in [2.45, 2.75) is 33.2 Å². The van der Waals surface area contributed by atoms with Crippen LogP contribution in [0.25, 0.3) is 0 Å². The van der Waals surface area contributed by atoms with Crippen LogP contribution in [-0.2, 0) is 6.42 Å². The van der Waals surface area contributed by atoms with E-state index in [0.717, 1.165) is 34.3 Å². The lowest BCUT2D eigenvalue weighted by Gasteiger charge is -2.20. The van der Waals surface area contributed by atoms with Crippen LogP contribution >= 0.6 is 22.9 Å². The highest BCUT2D eigenvalue weighted by atomic mass is 35.5. The highest BCUT2D eigenvalue weighted by Crippen LogP contribution is 2.27. The zero-order chi connectivity index (χ0) is 13.8. The van der Waals surface area contributed by atoms with Gasteiger partial charge in [0.15, 0.2) is 0 Å². The van der Waals surface area contributed by atoms with Gasteiger partial charge in [-0.2, -0.15) is 0 Å². The lowest BCUT2D eigenvalue weighted by molar-refractivity contribution is 0.542. The molecule has 0 saturated carbocycles. The molecule has 102 valence electrons. The van der Waals surface area contributed by atoms with Crippen LogP contribution in [0.4, 0.5) is 0 Å². The molecule has 1 heterocycles. The third kappa shape index (κ3) is 3.56. The van der Waals surface area contributed by atoms with Crippen molar-refractivity contribution in [2.24, 2.45) is 0 Å². The van der Waals surface area contributed by atoms with Gasteiger partial charge in [-0.1, -0.05) is 30.7 Å². The summed E-state index contributed by atoms with van der Waals surface area (Å²) in [6.07, 6.45) is 0.902. The fourth-order valence-electron chi connectivity index (χ4n) is 2.25. The quantitative estimate of drug-likeness (QED) is 0.889. The summed E-state index contributed by atoms with van der Waals surface area (Å²) in [6, 6.07) is 6.37. The van der Waals surface area contributed by atoms with Crippen LogP contribution in [0.1, 0.15) is 34.8 Å². The van der Waals surface area contributed by atoms with E-state index in [9.17, 15) is 0 Å². The van der Waals surface area contributed by atoms with Crippen molar-refractivity contribution >= 4 is 22.9 Å². The average Bonchev–Trinajstić information content (AvgIpc) is 2.78. The van der Waals surface area contributed by atoms with Crippen LogP contribution in [0.3, 0.4) is 0 Å². The summed E-state index contributed by atoms with van der Waals surface area (Å²) >= 11 is 7.93. The number of rotatable bonds is 5. The second kappa shape index (κ2) is 6.51. The molecule has 4 heteroatoms. The van der Waals surface area contributed by atoms with Gasteiger partial charge in [-0.3, -0.25) is 0 Å². The molecule has 1 N–H and O–H groups in total. The van der Waals surface area contributed by atoms with Crippen LogP contribution in [0.5, 0.6) is 0 Å². The number of likely N-dealkylation sites (N-methyl/N-ethyl adjacent to an activating group) is 1. The van der Waals surface area contributed by atoms with Gasteiger partial charge in [0.2, 0.25) is 0 Å². The van der Waals surface area contributed by atoms with Gasteiger partial charge in [0.25, 0.3) is 0 Å². The zero-order valence-corrected chi connectivity index (χ0v) is 13.1. The summed E-state index contributed by atoms with van der Waals surface area (Å²) in [5.74, 6) is 0. The van der Waals surface area contributed by atoms with Crippen LogP contribution in [0.15, 0.2) is 23.6 Å². The Bertz CT molecular complexity index is 551. The van der Waals surface area contributed by atoms with Crippen LogP contribution in [-0.4, -0.2) is 11.5 Å². The Morgan fingerprint density at radius 1 is 1.37 bits per heavy atom. The fourth-order valence-corrected chi connectivity index (χ4v) is 3.06. The van der Waals surface area contributed by atoms with Crippen LogP contribution < -0.4 is 5.32 Å². The van der Waals surface area contributed by atoms with Gasteiger partial charge < -0.3 is 5.32 Å². The predicted octanol–water partition coefficient (Wildman–Crippen LogP) is 4.31. The maximum absolute atomic E-state index is 6.22. The number of thiazole rings is 1. The Kier molecular flexibility index (Phi) is 4.97. The molecule has 1 atom stereocenters. The van der Waals surface area contributed by atoms with Gasteiger partial charge in [0, 0.05) is 22.9 Å². The van der Waals surface area contributed by atoms with Gasteiger partial charge >= 0.3 is 0 Å². The van der Waals surface area contributed by atoms with Crippen molar-refractivity contribution in [1.29, 1.82) is 0 Å². The first kappa shape index (κ1) is 14.5. The lowest BCUT2D eigenvalue weighted by Crippen LogP contribution is -2.24. The molecule has 2 aromatic rings. The first-order valence-corrected chi connectivity index (χ1v) is 7.77. The Morgan fingerprint density at radius 3 is 2.79 bits per heavy atom. The highest BCUT2D eigenvalue weighted by molar-refractivity contribution is 7.09. The van der Waals surface area contributed by atoms with Crippen molar-refractivity contribution in [1.82, 2.24) is 10.3 Å². The molecule has 0 aliphatic carbocycles. The lowest BCUT2D eigenvalue weighted by atomic mass is 9.97. The van der Waals surface area contributed by atoms with Crippen molar-refractivity contribution in [3.8, 4) is 0 Å². The highest BCUT2D eigenvalue weighted by Gasteiger charge is 2.16. The fraction of sp³-hybridized carbons (Fsp3) is 0.400. The number of hydrogen-bond acceptors (Lipinski definition) is 3. The summed E-state index contributed by atoms with van der Waals surface area (Å²) in [7, 11) is 0. The maximum Gasteiger partial charge on any atom is 0.0897 e. The first-order chi connectivity index (χ1) is 9.11. The number of aromatic nitrogens is 1. The van der Waals surface area contributed by atoms with Crippen LogP contribution in [0.2, 0.25) is 5.02 Å². The smallest absolute Gasteiger partial charge is 0.0897 e. The third-order valence-electron chi connectivity index (χ3n) is 3.22. The normalized spacial score (nSPS) is 12.6. The van der Waals surface area contributed by atoms with Gasteiger partial charge in [-0.05, 0) is 37.6 Å². The summed E-state index contributed by atoms with van der Waals surface area (Å²) in [5, 5.41) is 7.62. The molecular formula is C15H19ClN2S. The van der Waals surface area contributed by atoms with Crippen molar-refractivity contribution in [3.05, 3.63) is 50.4 Å². The molecule has 0 amide bonds. The molecule has 2 nitrogen and oxygen atoms in total. The average molecular weight is 295 g/mol. The number of aryl methyl sites for hydroxylation is 1. The van der Waals surface area contributed by atoms with E-state index in [2.05, 4.69) is 35.6 Å². The minimum atomic E-state index is 0.269. The molecule has 0 fully saturated rings. The molecule has 1 aromatic heterocycles. The van der Waals surface area contributed by atoms with E-state index < -0.39 is 0 Å². The second-order valence-electron chi connectivity index (χ2n) is 4.63. The van der Waals surface area contributed by atoms with E-state index >= 15 is 0 Å². The van der Waals surface area contributed by atoms with Gasteiger partial charge in [-0.15, -0.1) is 11.3 Å². The Labute approximate surface area is 123 Å². The van der Waals surface area contributed by atoms with Crippen molar-refractivity contribution in [3.63, 3.8) is 0 Å². The number of halogens is 1. The molecule has 0 radical (unpaired) electrons. The maximum atomic E-state index is 6.22. The van der Waals surface area contributed by atoms with E-state index in [4.69, 9.17) is 11.6 Å². The monoisotopic (exact) mass is 294 g/mol. The van der Waals surface area contributed by atoms with Crippen molar-refractivity contribution < 1.29 is 0 Å². The van der Waals surface area contributed by atoms with E-state index in [1.165, 1.54) is 5.56 Å². The topological polar surface area (TPSA) is 24.9 Å². The molecule has 0 aliphatic heterocycles. The minimum absolute atomic E-state index is 0.269. The number of nitrogens with zero attached hydrogens (tertiary/aromatic N) is 1. The Morgan fingerprint density at radius 2 is 2.16 bits per heavy atom. The largest absolute Gasteiger partial charge is 0.310 e. The Hall–Kier alpha value is -0.900. The molecule has 1 aromatic carbocycles. The summed E-state index contributed by atoms with van der Waals surface area (Å²) in [4.78, 5) is 4.56. The van der Waals surface area contributed by atoms with Gasteiger partial charge in [-0.25, -0.2) is 4.98 Å². The Balaban J connectivity index is 2.26. The molecule has 0 saturated heterocycles. The van der Waals surface area contributed by atoms with Crippen LogP contribution in [0, 0.1) is 13.8 Å². The van der Waals surface area contributed by atoms with E-state index in [-0.39, 0.29) is 6.04 Å². The number of benzene rings is 1. The van der Waals surface area contributed by atoms with Crippen molar-refractivity contribution in [2.75, 3.05) is 6.54 Å². The molecule has 1 unspecified atom stereocenters. The SMILES string of the molecule is CCNC(Cc1csc(C)n1)c1cccc(Cl)c1C. The summed E-state index contributed by atoms with van der Waals surface area (Å²) in [6.45, 7) is 7.17. The summed E-state index contributed by atoms with van der Waals surface area (Å²) < 4.78 is 0. The first-order valence-electron chi connectivity index (χ1n) is 6.51. The van der Waals surface area contributed by atoms with Gasteiger partial charge in [0.05, 0.1) is 10.7 Å². The summed E-state index contributed by atoms with van der Waals surface area (Å²) in [5.41, 5.74) is 3.56. The van der Waals surface area contributed by atoms with E-state index in [1.807, 2.05) is 19.1 Å². The molecule has 2 rings (SSSR count). The zero-order valence-electron chi connectivity index (χ0n) is 11.5. The molecule has 0 bridgehead atoms. The standard InChI is InChI=1S/C15H19ClN2S/c1-4-17-15(8-12-9-19-11(3)18-12)13-6-5-7-14(16)10(13)2/h5-7,9,15,17H,4,8H2,1-3H3. The van der Waals surface area contributed by atoms with E-state index in [1.54, 1.807) is 11.3 Å². The second-order valence-corrected chi connectivity index (χ2v) is 6.10. The number of nitrogens with one attached hydrogen (secondary N) is 1. The molecule has 0 spiro atoms. The molecule has 0 aliphatic rings.